The van der Waals surface area contributed by atoms with Crippen molar-refractivity contribution >= 4 is 11.6 Å². The average molecular weight is 210 g/mol. The van der Waals surface area contributed by atoms with Crippen molar-refractivity contribution in [2.45, 2.75) is 32.2 Å². The van der Waals surface area contributed by atoms with Crippen LogP contribution in [-0.4, -0.2) is 6.54 Å². The van der Waals surface area contributed by atoms with Crippen LogP contribution < -0.4 is 5.32 Å². The van der Waals surface area contributed by atoms with Gasteiger partial charge in [0.15, 0.2) is 0 Å². The van der Waals surface area contributed by atoms with Crippen LogP contribution in [0, 0.1) is 0 Å². The Kier molecular flexibility index (Phi) is 2.54. The van der Waals surface area contributed by atoms with Gasteiger partial charge in [0.25, 0.3) is 0 Å². The van der Waals surface area contributed by atoms with Gasteiger partial charge in [0.05, 0.1) is 0 Å². The van der Waals surface area contributed by atoms with Crippen molar-refractivity contribution in [1.29, 1.82) is 0 Å². The maximum Gasteiger partial charge on any atom is 0.0409 e. The third-order valence-corrected chi connectivity index (χ3v) is 3.28. The lowest BCUT2D eigenvalue weighted by Crippen LogP contribution is -2.20. The molecule has 1 heterocycles. The lowest BCUT2D eigenvalue weighted by Gasteiger charge is -2.25. The predicted molar refractivity (Wildman–Crippen MR) is 60.8 cm³/mol. The van der Waals surface area contributed by atoms with E-state index in [0.29, 0.717) is 0 Å². The molecule has 0 bridgehead atoms. The van der Waals surface area contributed by atoms with E-state index in [9.17, 15) is 0 Å². The summed E-state index contributed by atoms with van der Waals surface area (Å²) in [6.45, 7) is 6.62. The molecular formula is C12H16ClN. The Labute approximate surface area is 90.5 Å². The molecule has 76 valence electrons. The fourth-order valence-electron chi connectivity index (χ4n) is 2.09. The van der Waals surface area contributed by atoms with Crippen molar-refractivity contribution in [1.82, 2.24) is 5.32 Å². The predicted octanol–water partition coefficient (Wildman–Crippen LogP) is 3.11. The molecule has 0 saturated carbocycles. The fourth-order valence-corrected chi connectivity index (χ4v) is 2.26. The zero-order valence-corrected chi connectivity index (χ0v) is 9.49. The fraction of sp³-hybridized carbons (Fsp3) is 0.500. The standard InChI is InChI=1S/C12H16ClN/c1-12(2)5-6-14-8-9-3-4-10(13)7-11(9)12/h3-4,7,14H,5-6,8H2,1-2H3. The minimum absolute atomic E-state index is 0.240. The zero-order chi connectivity index (χ0) is 10.2. The summed E-state index contributed by atoms with van der Waals surface area (Å²) in [5.74, 6) is 0. The van der Waals surface area contributed by atoms with Gasteiger partial charge in [-0.05, 0) is 41.6 Å². The Morgan fingerprint density at radius 1 is 1.36 bits per heavy atom. The third-order valence-electron chi connectivity index (χ3n) is 3.04. The maximum absolute atomic E-state index is 6.04. The summed E-state index contributed by atoms with van der Waals surface area (Å²) in [5, 5.41) is 4.28. The lowest BCUT2D eigenvalue weighted by molar-refractivity contribution is 0.477. The van der Waals surface area contributed by atoms with E-state index >= 15 is 0 Å². The molecule has 1 nitrogen and oxygen atoms in total. The highest BCUT2D eigenvalue weighted by molar-refractivity contribution is 6.30. The number of halogens is 1. The largest absolute Gasteiger partial charge is 0.313 e. The van der Waals surface area contributed by atoms with Crippen LogP contribution in [0.15, 0.2) is 18.2 Å². The molecule has 0 aliphatic carbocycles. The number of rotatable bonds is 0. The summed E-state index contributed by atoms with van der Waals surface area (Å²) in [6, 6.07) is 6.23. The van der Waals surface area contributed by atoms with Crippen LogP contribution in [0.3, 0.4) is 0 Å². The molecular weight excluding hydrogens is 194 g/mol. The molecule has 0 saturated heterocycles. The van der Waals surface area contributed by atoms with Gasteiger partial charge in [-0.1, -0.05) is 31.5 Å². The van der Waals surface area contributed by atoms with E-state index in [1.54, 1.807) is 0 Å². The van der Waals surface area contributed by atoms with Gasteiger partial charge in [0, 0.05) is 11.6 Å². The summed E-state index contributed by atoms with van der Waals surface area (Å²) in [5.41, 5.74) is 3.02. The monoisotopic (exact) mass is 209 g/mol. The summed E-state index contributed by atoms with van der Waals surface area (Å²) < 4.78 is 0. The van der Waals surface area contributed by atoms with Gasteiger partial charge >= 0.3 is 0 Å². The van der Waals surface area contributed by atoms with E-state index in [1.165, 1.54) is 17.5 Å². The Bertz CT molecular complexity index is 344. The van der Waals surface area contributed by atoms with Gasteiger partial charge in [-0.15, -0.1) is 0 Å². The van der Waals surface area contributed by atoms with Crippen LogP contribution in [0.1, 0.15) is 31.4 Å². The lowest BCUT2D eigenvalue weighted by atomic mass is 9.80. The normalized spacial score (nSPS) is 19.9. The second-order valence-corrected chi connectivity index (χ2v) is 5.05. The highest BCUT2D eigenvalue weighted by atomic mass is 35.5. The van der Waals surface area contributed by atoms with E-state index in [0.717, 1.165) is 18.1 Å². The van der Waals surface area contributed by atoms with Crippen LogP contribution in [-0.2, 0) is 12.0 Å². The summed E-state index contributed by atoms with van der Waals surface area (Å²) in [4.78, 5) is 0. The van der Waals surface area contributed by atoms with E-state index in [2.05, 4.69) is 31.3 Å². The van der Waals surface area contributed by atoms with Gasteiger partial charge < -0.3 is 5.32 Å². The molecule has 0 aromatic heterocycles. The first-order chi connectivity index (χ1) is 6.59. The summed E-state index contributed by atoms with van der Waals surface area (Å²) in [7, 11) is 0. The smallest absolute Gasteiger partial charge is 0.0409 e. The first-order valence-electron chi connectivity index (χ1n) is 5.09. The maximum atomic E-state index is 6.04. The van der Waals surface area contributed by atoms with Crippen molar-refractivity contribution in [2.75, 3.05) is 6.54 Å². The molecule has 1 N–H and O–H groups in total. The van der Waals surface area contributed by atoms with Crippen LogP contribution >= 0.6 is 11.6 Å². The Morgan fingerprint density at radius 3 is 2.93 bits per heavy atom. The highest BCUT2D eigenvalue weighted by Crippen LogP contribution is 2.33. The van der Waals surface area contributed by atoms with Gasteiger partial charge in [0.2, 0.25) is 0 Å². The Morgan fingerprint density at radius 2 is 2.14 bits per heavy atom. The molecule has 0 spiro atoms. The van der Waals surface area contributed by atoms with Gasteiger partial charge in [-0.2, -0.15) is 0 Å². The molecule has 2 rings (SSSR count). The number of hydrogen-bond acceptors (Lipinski definition) is 1. The zero-order valence-electron chi connectivity index (χ0n) is 8.73. The first-order valence-corrected chi connectivity index (χ1v) is 5.47. The highest BCUT2D eigenvalue weighted by Gasteiger charge is 2.25. The molecule has 0 fully saturated rings. The number of fused-ring (bicyclic) bond motifs is 1. The van der Waals surface area contributed by atoms with Crippen molar-refractivity contribution in [2.24, 2.45) is 0 Å². The van der Waals surface area contributed by atoms with Crippen LogP contribution in [0.25, 0.3) is 0 Å². The second kappa shape index (κ2) is 3.56. The van der Waals surface area contributed by atoms with E-state index < -0.39 is 0 Å². The van der Waals surface area contributed by atoms with Crippen LogP contribution in [0.2, 0.25) is 5.02 Å². The van der Waals surface area contributed by atoms with Crippen LogP contribution in [0.5, 0.6) is 0 Å². The van der Waals surface area contributed by atoms with Crippen molar-refractivity contribution in [3.8, 4) is 0 Å². The van der Waals surface area contributed by atoms with Gasteiger partial charge in [-0.3, -0.25) is 0 Å². The minimum Gasteiger partial charge on any atom is -0.313 e. The molecule has 0 radical (unpaired) electrons. The summed E-state index contributed by atoms with van der Waals surface area (Å²) in [6.07, 6.45) is 1.17. The molecule has 2 heteroatoms. The molecule has 1 aromatic carbocycles. The molecule has 14 heavy (non-hydrogen) atoms. The molecule has 1 aliphatic rings. The minimum atomic E-state index is 0.240. The average Bonchev–Trinajstić information content (AvgIpc) is 2.26. The third kappa shape index (κ3) is 1.79. The van der Waals surface area contributed by atoms with E-state index in [4.69, 9.17) is 11.6 Å². The van der Waals surface area contributed by atoms with Crippen molar-refractivity contribution in [3.63, 3.8) is 0 Å². The molecule has 0 atom stereocenters. The molecule has 0 amide bonds. The Hall–Kier alpha value is -0.530. The Balaban J connectivity index is 2.52. The van der Waals surface area contributed by atoms with E-state index in [1.807, 2.05) is 6.07 Å². The SMILES string of the molecule is CC1(C)CCNCc2ccc(Cl)cc21. The molecule has 0 unspecified atom stereocenters. The van der Waals surface area contributed by atoms with Gasteiger partial charge in [0.1, 0.15) is 0 Å². The molecule has 1 aromatic rings. The topological polar surface area (TPSA) is 12.0 Å². The van der Waals surface area contributed by atoms with Crippen molar-refractivity contribution in [3.05, 3.63) is 34.3 Å². The number of hydrogen-bond donors (Lipinski definition) is 1. The van der Waals surface area contributed by atoms with Crippen molar-refractivity contribution < 1.29 is 0 Å². The molecule has 1 aliphatic heterocycles. The van der Waals surface area contributed by atoms with Gasteiger partial charge in [-0.25, -0.2) is 0 Å². The van der Waals surface area contributed by atoms with Crippen LogP contribution in [0.4, 0.5) is 0 Å². The van der Waals surface area contributed by atoms with E-state index in [-0.39, 0.29) is 5.41 Å². The first kappa shape index (κ1) is 10.0. The summed E-state index contributed by atoms with van der Waals surface area (Å²) >= 11 is 6.04. The number of benzene rings is 1. The number of nitrogens with one attached hydrogen (secondary N) is 1. The second-order valence-electron chi connectivity index (χ2n) is 4.61. The quantitative estimate of drug-likeness (QED) is 0.693.